The molecule has 2 aromatic rings. The minimum Gasteiger partial charge on any atom is -0.323 e. The Balaban J connectivity index is 1.77. The quantitative estimate of drug-likeness (QED) is 0.891. The molecule has 0 bridgehead atoms. The zero-order valence-corrected chi connectivity index (χ0v) is 11.5. The molecule has 0 radical (unpaired) electrons. The van der Waals surface area contributed by atoms with E-state index in [1.54, 1.807) is 0 Å². The van der Waals surface area contributed by atoms with E-state index in [2.05, 4.69) is 43.3 Å². The molecule has 0 fully saturated rings. The fraction of sp³-hybridized carbons (Fsp3) is 0.375. The lowest BCUT2D eigenvalue weighted by atomic mass is 9.96. The number of nitrogens with two attached hydrogens (primary N) is 1. The van der Waals surface area contributed by atoms with Gasteiger partial charge in [0.05, 0.1) is 0 Å². The first-order valence-corrected chi connectivity index (χ1v) is 7.50. The second-order valence-corrected chi connectivity index (χ2v) is 6.32. The number of rotatable bonds is 3. The summed E-state index contributed by atoms with van der Waals surface area (Å²) in [5.74, 6) is 0.575. The van der Waals surface area contributed by atoms with Gasteiger partial charge >= 0.3 is 0 Å². The zero-order valence-electron chi connectivity index (χ0n) is 10.7. The van der Waals surface area contributed by atoms with Crippen molar-refractivity contribution >= 4 is 11.3 Å². The van der Waals surface area contributed by atoms with Gasteiger partial charge in [-0.2, -0.15) is 0 Å². The normalized spacial score (nSPS) is 16.8. The SMILES string of the molecule is CCc1ccc(C(N)C2Cc3ccccc3C2)s1. The maximum Gasteiger partial charge on any atom is 0.0424 e. The van der Waals surface area contributed by atoms with E-state index in [0.29, 0.717) is 5.92 Å². The lowest BCUT2D eigenvalue weighted by Crippen LogP contribution is -2.20. The van der Waals surface area contributed by atoms with Crippen LogP contribution in [0.15, 0.2) is 36.4 Å². The average Bonchev–Trinajstić information content (AvgIpc) is 3.04. The molecule has 1 heterocycles. The van der Waals surface area contributed by atoms with Crippen LogP contribution in [0, 0.1) is 5.92 Å². The van der Waals surface area contributed by atoms with Crippen molar-refractivity contribution in [3.8, 4) is 0 Å². The molecule has 1 aromatic carbocycles. The van der Waals surface area contributed by atoms with Crippen LogP contribution < -0.4 is 5.73 Å². The fourth-order valence-electron chi connectivity index (χ4n) is 2.84. The van der Waals surface area contributed by atoms with Crippen LogP contribution in [-0.4, -0.2) is 0 Å². The molecule has 1 unspecified atom stereocenters. The van der Waals surface area contributed by atoms with E-state index < -0.39 is 0 Å². The molecule has 1 aliphatic rings. The Kier molecular flexibility index (Phi) is 3.23. The Morgan fingerprint density at radius 2 is 1.83 bits per heavy atom. The molecule has 3 rings (SSSR count). The van der Waals surface area contributed by atoms with E-state index in [0.717, 1.165) is 19.3 Å². The van der Waals surface area contributed by atoms with Crippen LogP contribution in [0.3, 0.4) is 0 Å². The summed E-state index contributed by atoms with van der Waals surface area (Å²) in [7, 11) is 0. The van der Waals surface area contributed by atoms with Crippen molar-refractivity contribution in [2.45, 2.75) is 32.2 Å². The lowest BCUT2D eigenvalue weighted by Gasteiger charge is -2.17. The third-order valence-corrected chi connectivity index (χ3v) is 5.28. The second-order valence-electron chi connectivity index (χ2n) is 5.12. The van der Waals surface area contributed by atoms with Gasteiger partial charge in [0, 0.05) is 15.8 Å². The first-order valence-electron chi connectivity index (χ1n) is 6.69. The number of thiophene rings is 1. The Hall–Kier alpha value is -1.12. The molecule has 1 nitrogen and oxygen atoms in total. The first kappa shape index (κ1) is 11.9. The molecule has 0 spiro atoms. The lowest BCUT2D eigenvalue weighted by molar-refractivity contribution is 0.459. The minimum absolute atomic E-state index is 0.197. The van der Waals surface area contributed by atoms with Crippen LogP contribution in [0.1, 0.15) is 33.8 Å². The molecule has 0 saturated carbocycles. The van der Waals surface area contributed by atoms with Gasteiger partial charge < -0.3 is 5.73 Å². The number of hydrogen-bond acceptors (Lipinski definition) is 2. The maximum atomic E-state index is 6.46. The zero-order chi connectivity index (χ0) is 12.5. The summed E-state index contributed by atoms with van der Waals surface area (Å²) in [4.78, 5) is 2.79. The van der Waals surface area contributed by atoms with Gasteiger partial charge in [-0.1, -0.05) is 31.2 Å². The highest BCUT2D eigenvalue weighted by atomic mass is 32.1. The van der Waals surface area contributed by atoms with Gasteiger partial charge in [-0.25, -0.2) is 0 Å². The van der Waals surface area contributed by atoms with Crippen LogP contribution in [0.25, 0.3) is 0 Å². The number of benzene rings is 1. The molecule has 0 saturated heterocycles. The molecule has 2 heteroatoms. The summed E-state index contributed by atoms with van der Waals surface area (Å²) in [6.07, 6.45) is 3.38. The monoisotopic (exact) mass is 257 g/mol. The summed E-state index contributed by atoms with van der Waals surface area (Å²) < 4.78 is 0. The van der Waals surface area contributed by atoms with Gasteiger partial charge in [-0.15, -0.1) is 11.3 Å². The molecule has 18 heavy (non-hydrogen) atoms. The van der Waals surface area contributed by atoms with Crippen molar-refractivity contribution in [2.75, 3.05) is 0 Å². The number of hydrogen-bond donors (Lipinski definition) is 1. The molecule has 1 aromatic heterocycles. The van der Waals surface area contributed by atoms with E-state index in [-0.39, 0.29) is 6.04 Å². The molecular formula is C16H19NS. The number of aryl methyl sites for hydroxylation is 1. The van der Waals surface area contributed by atoms with E-state index >= 15 is 0 Å². The van der Waals surface area contributed by atoms with Crippen LogP contribution in [-0.2, 0) is 19.3 Å². The Morgan fingerprint density at radius 1 is 1.17 bits per heavy atom. The average molecular weight is 257 g/mol. The Labute approximate surface area is 113 Å². The van der Waals surface area contributed by atoms with Gasteiger partial charge in [0.25, 0.3) is 0 Å². The van der Waals surface area contributed by atoms with Gasteiger partial charge in [-0.3, -0.25) is 0 Å². The largest absolute Gasteiger partial charge is 0.323 e. The van der Waals surface area contributed by atoms with Crippen molar-refractivity contribution in [3.63, 3.8) is 0 Å². The number of fused-ring (bicyclic) bond motifs is 1. The summed E-state index contributed by atoms with van der Waals surface area (Å²) in [5.41, 5.74) is 9.44. The summed E-state index contributed by atoms with van der Waals surface area (Å²) >= 11 is 1.88. The Bertz CT molecular complexity index is 519. The van der Waals surface area contributed by atoms with Crippen molar-refractivity contribution in [2.24, 2.45) is 11.7 Å². The summed E-state index contributed by atoms with van der Waals surface area (Å²) in [6, 6.07) is 13.4. The summed E-state index contributed by atoms with van der Waals surface area (Å²) in [6.45, 7) is 2.20. The fourth-order valence-corrected chi connectivity index (χ4v) is 3.89. The molecular weight excluding hydrogens is 238 g/mol. The van der Waals surface area contributed by atoms with Crippen LogP contribution in [0.4, 0.5) is 0 Å². The van der Waals surface area contributed by atoms with Gasteiger partial charge in [-0.05, 0) is 48.4 Å². The van der Waals surface area contributed by atoms with E-state index in [4.69, 9.17) is 5.73 Å². The van der Waals surface area contributed by atoms with Crippen LogP contribution in [0.2, 0.25) is 0 Å². The van der Waals surface area contributed by atoms with Gasteiger partial charge in [0.2, 0.25) is 0 Å². The van der Waals surface area contributed by atoms with Crippen molar-refractivity contribution < 1.29 is 0 Å². The molecule has 1 atom stereocenters. The van der Waals surface area contributed by atoms with Crippen molar-refractivity contribution in [3.05, 3.63) is 57.3 Å². The highest BCUT2D eigenvalue weighted by Crippen LogP contribution is 2.36. The van der Waals surface area contributed by atoms with Crippen LogP contribution >= 0.6 is 11.3 Å². The molecule has 0 aliphatic heterocycles. The predicted octanol–water partition coefficient (Wildman–Crippen LogP) is 3.73. The van der Waals surface area contributed by atoms with Gasteiger partial charge in [0.1, 0.15) is 0 Å². The minimum atomic E-state index is 0.197. The predicted molar refractivity (Wildman–Crippen MR) is 78.0 cm³/mol. The second kappa shape index (κ2) is 4.87. The molecule has 1 aliphatic carbocycles. The maximum absolute atomic E-state index is 6.46. The van der Waals surface area contributed by atoms with E-state index in [1.165, 1.54) is 20.9 Å². The topological polar surface area (TPSA) is 26.0 Å². The van der Waals surface area contributed by atoms with E-state index in [1.807, 2.05) is 11.3 Å². The highest BCUT2D eigenvalue weighted by Gasteiger charge is 2.27. The molecule has 94 valence electrons. The Morgan fingerprint density at radius 3 is 2.39 bits per heavy atom. The third-order valence-electron chi connectivity index (χ3n) is 3.95. The van der Waals surface area contributed by atoms with E-state index in [9.17, 15) is 0 Å². The highest BCUT2D eigenvalue weighted by molar-refractivity contribution is 7.12. The third kappa shape index (κ3) is 2.11. The smallest absolute Gasteiger partial charge is 0.0424 e. The summed E-state index contributed by atoms with van der Waals surface area (Å²) in [5, 5.41) is 0. The first-order chi connectivity index (χ1) is 8.78. The van der Waals surface area contributed by atoms with Crippen molar-refractivity contribution in [1.29, 1.82) is 0 Å². The van der Waals surface area contributed by atoms with Crippen LogP contribution in [0.5, 0.6) is 0 Å². The van der Waals surface area contributed by atoms with Gasteiger partial charge in [0.15, 0.2) is 0 Å². The molecule has 2 N–H and O–H groups in total. The standard InChI is InChI=1S/C16H19NS/c1-2-14-7-8-15(18-14)16(17)13-9-11-5-3-4-6-12(11)10-13/h3-8,13,16H,2,9-10,17H2,1H3. The molecule has 0 amide bonds. The van der Waals surface area contributed by atoms with Crippen molar-refractivity contribution in [1.82, 2.24) is 0 Å².